The minimum atomic E-state index is -3.11. The summed E-state index contributed by atoms with van der Waals surface area (Å²) in [5.74, 6) is 0. The van der Waals surface area contributed by atoms with Gasteiger partial charge >= 0.3 is 0 Å². The van der Waals surface area contributed by atoms with E-state index in [1.165, 1.54) is 92.3 Å². The molecule has 9 aromatic carbocycles. The first kappa shape index (κ1) is 34.8. The number of aromatic nitrogens is 2. The molecule has 1 aliphatic rings. The Morgan fingerprint density at radius 1 is 0.367 bits per heavy atom. The number of benzene rings is 9. The Bertz CT molecular complexity index is 3410. The van der Waals surface area contributed by atoms with E-state index in [4.69, 9.17) is 0 Å². The van der Waals surface area contributed by atoms with Gasteiger partial charge in [0.05, 0.1) is 22.1 Å². The molecule has 2 nitrogen and oxygen atoms in total. The molecule has 0 unspecified atom stereocenters. The fourth-order valence-electron chi connectivity index (χ4n) is 11.0. The summed E-state index contributed by atoms with van der Waals surface area (Å²) in [6, 6.07) is 82.0. The van der Waals surface area contributed by atoms with Gasteiger partial charge in [-0.1, -0.05) is 196 Å². The molecule has 0 spiro atoms. The fourth-order valence-corrected chi connectivity index (χ4v) is 15.9. The second kappa shape index (κ2) is 13.2. The van der Waals surface area contributed by atoms with Crippen LogP contribution < -0.4 is 20.7 Å². The van der Waals surface area contributed by atoms with E-state index in [0.29, 0.717) is 0 Å². The lowest BCUT2D eigenvalue weighted by Gasteiger charge is -2.35. The third-order valence-corrected chi connectivity index (χ3v) is 18.2. The van der Waals surface area contributed by atoms with E-state index in [1.54, 1.807) is 0 Å². The molecule has 0 saturated carbocycles. The fraction of sp³-hybridized carbons (Fsp3) is 0.0526. The van der Waals surface area contributed by atoms with E-state index in [0.717, 1.165) is 5.69 Å². The van der Waals surface area contributed by atoms with Gasteiger partial charge in [0, 0.05) is 38.3 Å². The summed E-state index contributed by atoms with van der Waals surface area (Å²) in [6.07, 6.45) is 0. The standard InChI is InChI=1S/C57H42N2Si/c1-57(2)50-32-15-12-28-44(50)47-36-37-49-46-30-14-17-34-52(46)59(56(49)54(47)57)40-22-18-27-43(38-40)60(41-23-8-4-9-24-41,42-25-10-5-11-26-42)53-35-19-31-48-45-29-13-16-33-51(45)58(55(48)53)39-20-6-3-7-21-39/h3-38H,1-2H3. The molecule has 0 aliphatic heterocycles. The molecular formula is C57H42N2Si. The van der Waals surface area contributed by atoms with Crippen LogP contribution in [0.5, 0.6) is 0 Å². The quantitative estimate of drug-likeness (QED) is 0.117. The summed E-state index contributed by atoms with van der Waals surface area (Å²) in [5.41, 5.74) is 12.6. The van der Waals surface area contributed by atoms with Crippen molar-refractivity contribution in [2.45, 2.75) is 19.3 Å². The van der Waals surface area contributed by atoms with Crippen LogP contribution in [0.25, 0.3) is 66.1 Å². The third kappa shape index (κ3) is 4.75. The van der Waals surface area contributed by atoms with Crippen molar-refractivity contribution in [3.8, 4) is 22.5 Å². The highest BCUT2D eigenvalue weighted by atomic mass is 28.3. The molecule has 12 rings (SSSR count). The monoisotopic (exact) mass is 782 g/mol. The normalized spacial score (nSPS) is 13.3. The molecule has 2 heterocycles. The number of hydrogen-bond acceptors (Lipinski definition) is 0. The highest BCUT2D eigenvalue weighted by molar-refractivity contribution is 7.20. The molecule has 60 heavy (non-hydrogen) atoms. The maximum absolute atomic E-state index is 3.11. The van der Waals surface area contributed by atoms with E-state index in [1.807, 2.05) is 0 Å². The second-order valence-corrected chi connectivity index (χ2v) is 20.6. The number of nitrogens with zero attached hydrogens (tertiary/aromatic N) is 2. The van der Waals surface area contributed by atoms with Crippen molar-refractivity contribution in [1.82, 2.24) is 9.13 Å². The second-order valence-electron chi connectivity index (χ2n) is 16.8. The Kier molecular flexibility index (Phi) is 7.63. The smallest absolute Gasteiger partial charge is 0.181 e. The van der Waals surface area contributed by atoms with Crippen LogP contribution in [0.1, 0.15) is 25.0 Å². The number of fused-ring (bicyclic) bond motifs is 10. The van der Waals surface area contributed by atoms with Crippen molar-refractivity contribution < 1.29 is 0 Å². The molecule has 284 valence electrons. The van der Waals surface area contributed by atoms with Crippen molar-refractivity contribution in [3.05, 3.63) is 230 Å². The molecule has 0 N–H and O–H groups in total. The molecule has 3 heteroatoms. The summed E-state index contributed by atoms with van der Waals surface area (Å²) in [7, 11) is -3.11. The van der Waals surface area contributed by atoms with Gasteiger partial charge in [-0.2, -0.15) is 0 Å². The van der Waals surface area contributed by atoms with Gasteiger partial charge in [0.15, 0.2) is 8.07 Å². The van der Waals surface area contributed by atoms with E-state index in [9.17, 15) is 0 Å². The highest BCUT2D eigenvalue weighted by Crippen LogP contribution is 2.52. The van der Waals surface area contributed by atoms with Gasteiger partial charge in [-0.3, -0.25) is 0 Å². The van der Waals surface area contributed by atoms with Crippen molar-refractivity contribution >= 4 is 72.4 Å². The molecule has 0 fully saturated rings. The number of hydrogen-bond donors (Lipinski definition) is 0. The van der Waals surface area contributed by atoms with Crippen LogP contribution in [0.4, 0.5) is 0 Å². The predicted octanol–water partition coefficient (Wildman–Crippen LogP) is 11.6. The van der Waals surface area contributed by atoms with Crippen LogP contribution in [0.2, 0.25) is 0 Å². The maximum atomic E-state index is 2.58. The topological polar surface area (TPSA) is 9.86 Å². The van der Waals surface area contributed by atoms with Gasteiger partial charge in [-0.15, -0.1) is 0 Å². The molecule has 0 radical (unpaired) electrons. The van der Waals surface area contributed by atoms with Gasteiger partial charge in [0.1, 0.15) is 0 Å². The van der Waals surface area contributed by atoms with Crippen LogP contribution in [-0.2, 0) is 5.41 Å². The summed E-state index contributed by atoms with van der Waals surface area (Å²) in [6.45, 7) is 4.81. The van der Waals surface area contributed by atoms with Crippen molar-refractivity contribution in [1.29, 1.82) is 0 Å². The number of rotatable bonds is 6. The van der Waals surface area contributed by atoms with Crippen LogP contribution in [-0.4, -0.2) is 17.2 Å². The third-order valence-electron chi connectivity index (χ3n) is 13.4. The van der Waals surface area contributed by atoms with Gasteiger partial charge in [-0.05, 0) is 79.4 Å². The zero-order chi connectivity index (χ0) is 40.0. The van der Waals surface area contributed by atoms with Gasteiger partial charge in [-0.25, -0.2) is 0 Å². The lowest BCUT2D eigenvalue weighted by atomic mass is 9.81. The van der Waals surface area contributed by atoms with Gasteiger partial charge < -0.3 is 9.13 Å². The molecule has 11 aromatic rings. The predicted molar refractivity (Wildman–Crippen MR) is 256 cm³/mol. The van der Waals surface area contributed by atoms with E-state index < -0.39 is 8.07 Å². The Hall–Kier alpha value is -7.20. The summed E-state index contributed by atoms with van der Waals surface area (Å²) in [4.78, 5) is 0. The van der Waals surface area contributed by atoms with Crippen molar-refractivity contribution in [2.75, 3.05) is 0 Å². The lowest BCUT2D eigenvalue weighted by Crippen LogP contribution is -2.75. The molecule has 1 aliphatic carbocycles. The summed E-state index contributed by atoms with van der Waals surface area (Å²) >= 11 is 0. The van der Waals surface area contributed by atoms with E-state index in [2.05, 4.69) is 241 Å². The SMILES string of the molecule is CC1(C)c2ccccc2-c2ccc3c4ccccc4n(-c4cccc([Si](c5ccccc5)(c5ccccc5)c5cccc6c7ccccc7n(-c7ccccc7)c56)c4)c3c21. The Labute approximate surface area is 351 Å². The zero-order valence-corrected chi connectivity index (χ0v) is 34.7. The first-order valence-corrected chi connectivity index (χ1v) is 23.0. The van der Waals surface area contributed by atoms with Crippen molar-refractivity contribution in [3.63, 3.8) is 0 Å². The lowest BCUT2D eigenvalue weighted by molar-refractivity contribution is 0.664. The molecule has 0 amide bonds. The summed E-state index contributed by atoms with van der Waals surface area (Å²) in [5, 5.41) is 10.5. The molecule has 2 aromatic heterocycles. The maximum Gasteiger partial charge on any atom is 0.181 e. The Morgan fingerprint density at radius 2 is 0.867 bits per heavy atom. The van der Waals surface area contributed by atoms with E-state index >= 15 is 0 Å². The first-order chi connectivity index (χ1) is 29.6. The van der Waals surface area contributed by atoms with Crippen molar-refractivity contribution in [2.24, 2.45) is 0 Å². The first-order valence-electron chi connectivity index (χ1n) is 21.0. The number of para-hydroxylation sites is 4. The average molecular weight is 783 g/mol. The Morgan fingerprint density at radius 3 is 1.55 bits per heavy atom. The minimum Gasteiger partial charge on any atom is -0.309 e. The van der Waals surface area contributed by atoms with Crippen LogP contribution >= 0.6 is 0 Å². The molecular weight excluding hydrogens is 741 g/mol. The van der Waals surface area contributed by atoms with Crippen LogP contribution in [0, 0.1) is 0 Å². The summed E-state index contributed by atoms with van der Waals surface area (Å²) < 4.78 is 5.10. The van der Waals surface area contributed by atoms with E-state index in [-0.39, 0.29) is 5.41 Å². The van der Waals surface area contributed by atoms with Gasteiger partial charge in [0.2, 0.25) is 0 Å². The largest absolute Gasteiger partial charge is 0.309 e. The highest BCUT2D eigenvalue weighted by Gasteiger charge is 2.44. The molecule has 0 bridgehead atoms. The minimum absolute atomic E-state index is 0.178. The average Bonchev–Trinajstić information content (AvgIpc) is 3.91. The Balaban J connectivity index is 1.23. The molecule has 0 saturated heterocycles. The van der Waals surface area contributed by atoms with Crippen LogP contribution in [0.3, 0.4) is 0 Å². The van der Waals surface area contributed by atoms with Crippen LogP contribution in [0.15, 0.2) is 218 Å². The molecule has 0 atom stereocenters. The zero-order valence-electron chi connectivity index (χ0n) is 33.7. The van der Waals surface area contributed by atoms with Gasteiger partial charge in [0.25, 0.3) is 0 Å².